The van der Waals surface area contributed by atoms with Crippen LogP contribution in [0, 0.1) is 10.1 Å². The van der Waals surface area contributed by atoms with Gasteiger partial charge in [-0.05, 0) is 48.5 Å². The Morgan fingerprint density at radius 2 is 1.80 bits per heavy atom. The molecule has 10 heteroatoms. The average molecular weight is 475 g/mol. The zero-order chi connectivity index (χ0) is 21.3. The van der Waals surface area contributed by atoms with Crippen LogP contribution < -0.4 is 4.90 Å². The van der Waals surface area contributed by atoms with E-state index in [9.17, 15) is 14.9 Å². The molecule has 0 saturated carbocycles. The van der Waals surface area contributed by atoms with Crippen molar-refractivity contribution in [1.29, 1.82) is 0 Å². The molecule has 0 atom stereocenters. The van der Waals surface area contributed by atoms with Gasteiger partial charge in [0.05, 0.1) is 15.5 Å². The van der Waals surface area contributed by atoms with Crippen molar-refractivity contribution in [2.75, 3.05) is 4.90 Å². The number of carbonyl (C=O) groups is 1. The maximum atomic E-state index is 12.8. The summed E-state index contributed by atoms with van der Waals surface area (Å²) < 4.78 is 6.15. The summed E-state index contributed by atoms with van der Waals surface area (Å²) in [5.41, 5.74) is 0.422. The molecule has 6 nitrogen and oxygen atoms in total. The maximum Gasteiger partial charge on any atom is 0.270 e. The molecular weight excluding hydrogens is 464 g/mol. The third-order valence-corrected chi connectivity index (χ3v) is 6.50. The Kier molecular flexibility index (Phi) is 5.96. The van der Waals surface area contributed by atoms with Crippen LogP contribution in [0.3, 0.4) is 0 Å². The van der Waals surface area contributed by atoms with E-state index in [1.807, 2.05) is 18.2 Å². The van der Waals surface area contributed by atoms with E-state index < -0.39 is 4.92 Å². The first-order chi connectivity index (χ1) is 14.4. The minimum absolute atomic E-state index is 0.0546. The van der Waals surface area contributed by atoms with Crippen LogP contribution in [-0.4, -0.2) is 15.2 Å². The van der Waals surface area contributed by atoms with Gasteiger partial charge in [-0.2, -0.15) is 0 Å². The third kappa shape index (κ3) is 4.44. The van der Waals surface area contributed by atoms with Crippen LogP contribution in [0.4, 0.5) is 11.4 Å². The van der Waals surface area contributed by atoms with Gasteiger partial charge in [-0.25, -0.2) is 0 Å². The van der Waals surface area contributed by atoms with Gasteiger partial charge in [-0.3, -0.25) is 19.8 Å². The van der Waals surface area contributed by atoms with Crippen molar-refractivity contribution in [2.45, 2.75) is 9.99 Å². The fourth-order valence-electron chi connectivity index (χ4n) is 2.63. The van der Waals surface area contributed by atoms with Gasteiger partial charge in [0, 0.05) is 28.1 Å². The Hall–Kier alpha value is -2.59. The summed E-state index contributed by atoms with van der Waals surface area (Å²) in [6, 6.07) is 16.7. The topological polar surface area (TPSA) is 76.6 Å². The Labute approximate surface area is 190 Å². The highest BCUT2D eigenvalue weighted by Gasteiger charge is 2.33. The van der Waals surface area contributed by atoms with Crippen LogP contribution in [0.1, 0.15) is 5.76 Å². The number of hydrogen-bond acceptors (Lipinski definition) is 7. The smallest absolute Gasteiger partial charge is 0.270 e. The maximum absolute atomic E-state index is 12.8. The first-order valence-electron chi connectivity index (χ1n) is 8.46. The number of rotatable bonds is 5. The molecule has 0 spiro atoms. The molecule has 150 valence electrons. The van der Waals surface area contributed by atoms with E-state index >= 15 is 0 Å². The molecule has 0 aliphatic carbocycles. The first-order valence-corrected chi connectivity index (χ1v) is 10.9. The Morgan fingerprint density at radius 1 is 1.10 bits per heavy atom. The predicted octanol–water partition coefficient (Wildman–Crippen LogP) is 6.40. The van der Waals surface area contributed by atoms with E-state index in [-0.39, 0.29) is 11.6 Å². The van der Waals surface area contributed by atoms with Crippen LogP contribution in [0.15, 0.2) is 80.0 Å². The van der Waals surface area contributed by atoms with E-state index in [1.165, 1.54) is 40.9 Å². The number of amides is 1. The first kappa shape index (κ1) is 20.7. The summed E-state index contributed by atoms with van der Waals surface area (Å²) in [6.45, 7) is 0. The van der Waals surface area contributed by atoms with Crippen molar-refractivity contribution in [3.63, 3.8) is 0 Å². The lowest BCUT2D eigenvalue weighted by molar-refractivity contribution is -0.384. The van der Waals surface area contributed by atoms with Crippen molar-refractivity contribution in [1.82, 2.24) is 0 Å². The number of thioether (sulfide) groups is 1. The molecule has 1 aliphatic rings. The monoisotopic (exact) mass is 474 g/mol. The van der Waals surface area contributed by atoms with Gasteiger partial charge in [0.2, 0.25) is 0 Å². The van der Waals surface area contributed by atoms with Crippen molar-refractivity contribution in [2.24, 2.45) is 0 Å². The molecule has 2 heterocycles. The highest BCUT2D eigenvalue weighted by atomic mass is 35.5. The van der Waals surface area contributed by atoms with Crippen molar-refractivity contribution in [3.8, 4) is 0 Å². The third-order valence-electron chi connectivity index (χ3n) is 4.02. The summed E-state index contributed by atoms with van der Waals surface area (Å²) in [4.78, 5) is 25.9. The zero-order valence-corrected chi connectivity index (χ0v) is 18.2. The number of furan rings is 1. The van der Waals surface area contributed by atoms with E-state index in [2.05, 4.69) is 0 Å². The quantitative estimate of drug-likeness (QED) is 0.183. The molecule has 0 bridgehead atoms. The molecule has 1 aromatic heterocycles. The van der Waals surface area contributed by atoms with Gasteiger partial charge in [0.1, 0.15) is 5.76 Å². The molecule has 30 heavy (non-hydrogen) atoms. The second kappa shape index (κ2) is 8.65. The molecule has 0 N–H and O–H groups in total. The number of halogens is 1. The Morgan fingerprint density at radius 3 is 2.47 bits per heavy atom. The molecule has 1 amide bonds. The minimum atomic E-state index is -0.496. The second-order valence-electron chi connectivity index (χ2n) is 6.00. The average Bonchev–Trinajstić information content (AvgIpc) is 3.27. The van der Waals surface area contributed by atoms with Gasteiger partial charge >= 0.3 is 0 Å². The van der Waals surface area contributed by atoms with E-state index in [0.717, 1.165) is 16.7 Å². The second-order valence-corrected chi connectivity index (χ2v) is 9.19. The van der Waals surface area contributed by atoms with Crippen molar-refractivity contribution < 1.29 is 14.1 Å². The fraction of sp³-hybridized carbons (Fsp3) is 0. The number of nitro groups is 1. The van der Waals surface area contributed by atoms with Crippen LogP contribution in [0.2, 0.25) is 5.02 Å². The number of nitrogens with zero attached hydrogens (tertiary/aromatic N) is 2. The molecule has 1 saturated heterocycles. The highest BCUT2D eigenvalue weighted by Crippen LogP contribution is 2.37. The molecule has 1 fully saturated rings. The number of thiocarbonyl (C=S) groups is 1. The number of nitro benzene ring substituents is 1. The Balaban J connectivity index is 1.51. The SMILES string of the molecule is O=C1C(=Cc2ccc(Sc3ccc(Cl)cc3)o2)SC(=S)N1c1ccc([N+](=O)[O-])cc1. The molecular formula is C20H11ClN2O4S3. The van der Waals surface area contributed by atoms with Crippen molar-refractivity contribution >= 4 is 75.0 Å². The number of anilines is 1. The van der Waals surface area contributed by atoms with E-state index in [4.69, 9.17) is 28.2 Å². The largest absolute Gasteiger partial charge is 0.450 e. The van der Waals surface area contributed by atoms with Gasteiger partial charge in [0.25, 0.3) is 11.6 Å². The summed E-state index contributed by atoms with van der Waals surface area (Å²) in [6.07, 6.45) is 1.64. The lowest BCUT2D eigenvalue weighted by atomic mass is 10.2. The number of benzene rings is 2. The number of non-ortho nitro benzene ring substituents is 1. The lowest BCUT2D eigenvalue weighted by Crippen LogP contribution is -2.27. The molecule has 2 aromatic carbocycles. The normalized spacial score (nSPS) is 15.2. The highest BCUT2D eigenvalue weighted by molar-refractivity contribution is 8.27. The van der Waals surface area contributed by atoms with E-state index in [1.54, 1.807) is 24.3 Å². The van der Waals surface area contributed by atoms with Crippen LogP contribution in [0.25, 0.3) is 6.08 Å². The van der Waals surface area contributed by atoms with Crippen LogP contribution in [0.5, 0.6) is 0 Å². The van der Waals surface area contributed by atoms with Gasteiger partial charge in [-0.1, -0.05) is 47.3 Å². The van der Waals surface area contributed by atoms with Gasteiger partial charge in [-0.15, -0.1) is 0 Å². The summed E-state index contributed by atoms with van der Waals surface area (Å²) in [5.74, 6) is 0.220. The van der Waals surface area contributed by atoms with Crippen LogP contribution >= 0.6 is 47.3 Å². The summed E-state index contributed by atoms with van der Waals surface area (Å²) >= 11 is 13.8. The Bertz CT molecular complexity index is 1170. The lowest BCUT2D eigenvalue weighted by Gasteiger charge is -2.13. The molecule has 3 aromatic rings. The number of carbonyl (C=O) groups excluding carboxylic acids is 1. The van der Waals surface area contributed by atoms with Crippen LogP contribution in [-0.2, 0) is 4.79 Å². The number of hydrogen-bond donors (Lipinski definition) is 0. The van der Waals surface area contributed by atoms with Gasteiger partial charge < -0.3 is 4.42 Å². The molecule has 1 aliphatic heterocycles. The summed E-state index contributed by atoms with van der Waals surface area (Å²) in [5, 5.41) is 12.2. The van der Waals surface area contributed by atoms with Crippen molar-refractivity contribution in [3.05, 3.63) is 86.5 Å². The standard InChI is InChI=1S/C20H11ClN2O4S3/c21-12-1-8-16(9-2-12)29-18-10-7-15(27-18)11-17-19(24)22(20(28)30-17)13-3-5-14(6-4-13)23(25)26/h1-11H. The fourth-order valence-corrected chi connectivity index (χ4v) is 4.81. The molecule has 0 unspecified atom stereocenters. The summed E-state index contributed by atoms with van der Waals surface area (Å²) in [7, 11) is 0. The van der Waals surface area contributed by atoms with E-state index in [0.29, 0.717) is 30.8 Å². The minimum Gasteiger partial charge on any atom is -0.450 e. The molecule has 0 radical (unpaired) electrons. The molecule has 4 rings (SSSR count). The van der Waals surface area contributed by atoms with Gasteiger partial charge in [0.15, 0.2) is 9.41 Å². The predicted molar refractivity (Wildman–Crippen MR) is 123 cm³/mol. The zero-order valence-electron chi connectivity index (χ0n) is 15.0.